The molecular formula is C11H9ClO3. The molecule has 0 bridgehead atoms. The summed E-state index contributed by atoms with van der Waals surface area (Å²) in [5, 5.41) is 1.03. The monoisotopic (exact) mass is 224 g/mol. The lowest BCUT2D eigenvalue weighted by atomic mass is 10.2. The number of hydrogen-bond acceptors (Lipinski definition) is 3. The molecule has 3 nitrogen and oxygen atoms in total. The zero-order valence-electron chi connectivity index (χ0n) is 8.12. The Morgan fingerprint density at radius 1 is 1.47 bits per heavy atom. The number of furan rings is 1. The molecule has 0 saturated carbocycles. The summed E-state index contributed by atoms with van der Waals surface area (Å²) in [5.74, 6) is -0.460. The number of benzene rings is 1. The third-order valence-electron chi connectivity index (χ3n) is 2.00. The SMILES string of the molecule is CCOC(=O)c1oc2ccccc2c1Cl. The number of fused-ring (bicyclic) bond motifs is 1. The molecule has 0 atom stereocenters. The number of carbonyl (C=O) groups is 1. The average Bonchev–Trinajstić information content (AvgIpc) is 2.57. The van der Waals surface area contributed by atoms with Gasteiger partial charge in [0.1, 0.15) is 10.6 Å². The molecule has 78 valence electrons. The lowest BCUT2D eigenvalue weighted by Crippen LogP contribution is -2.03. The molecule has 0 unspecified atom stereocenters. The average molecular weight is 225 g/mol. The largest absolute Gasteiger partial charge is 0.460 e. The van der Waals surface area contributed by atoms with Gasteiger partial charge in [-0.05, 0) is 19.1 Å². The minimum Gasteiger partial charge on any atom is -0.460 e. The van der Waals surface area contributed by atoms with Gasteiger partial charge in [-0.3, -0.25) is 0 Å². The van der Waals surface area contributed by atoms with Gasteiger partial charge in [-0.1, -0.05) is 23.7 Å². The first kappa shape index (κ1) is 10.1. The van der Waals surface area contributed by atoms with Crippen LogP contribution in [-0.2, 0) is 4.74 Å². The predicted octanol–water partition coefficient (Wildman–Crippen LogP) is 3.26. The molecule has 1 aromatic carbocycles. The van der Waals surface area contributed by atoms with Gasteiger partial charge in [0.15, 0.2) is 0 Å². The molecule has 1 heterocycles. The van der Waals surface area contributed by atoms with Gasteiger partial charge in [-0.25, -0.2) is 4.79 Å². The van der Waals surface area contributed by atoms with E-state index < -0.39 is 5.97 Å². The summed E-state index contributed by atoms with van der Waals surface area (Å²) in [6, 6.07) is 7.20. The van der Waals surface area contributed by atoms with Crippen LogP contribution in [0.4, 0.5) is 0 Å². The molecule has 0 radical (unpaired) electrons. The smallest absolute Gasteiger partial charge is 0.375 e. The summed E-state index contributed by atoms with van der Waals surface area (Å²) >= 11 is 5.99. The molecule has 4 heteroatoms. The maximum Gasteiger partial charge on any atom is 0.375 e. The van der Waals surface area contributed by atoms with Crippen LogP contribution in [0.2, 0.25) is 5.02 Å². The summed E-state index contributed by atoms with van der Waals surface area (Å²) in [6.45, 7) is 2.03. The fourth-order valence-electron chi connectivity index (χ4n) is 1.34. The highest BCUT2D eigenvalue weighted by molar-refractivity contribution is 6.38. The molecule has 15 heavy (non-hydrogen) atoms. The van der Waals surface area contributed by atoms with E-state index in [9.17, 15) is 4.79 Å². The van der Waals surface area contributed by atoms with E-state index >= 15 is 0 Å². The highest BCUT2D eigenvalue weighted by Gasteiger charge is 2.19. The van der Waals surface area contributed by atoms with Crippen molar-refractivity contribution < 1.29 is 13.9 Å². The van der Waals surface area contributed by atoms with Crippen LogP contribution in [0, 0.1) is 0 Å². The van der Waals surface area contributed by atoms with Crippen molar-refractivity contribution in [2.45, 2.75) is 6.92 Å². The summed E-state index contributed by atoms with van der Waals surface area (Å²) in [4.78, 5) is 11.4. The van der Waals surface area contributed by atoms with Gasteiger partial charge in [-0.2, -0.15) is 0 Å². The van der Waals surface area contributed by atoms with Crippen LogP contribution >= 0.6 is 11.6 Å². The predicted molar refractivity (Wildman–Crippen MR) is 57.2 cm³/mol. The molecule has 0 aliphatic carbocycles. The van der Waals surface area contributed by atoms with Crippen LogP contribution in [0.5, 0.6) is 0 Å². The Kier molecular flexibility index (Phi) is 2.64. The van der Waals surface area contributed by atoms with Gasteiger partial charge in [0, 0.05) is 5.39 Å². The lowest BCUT2D eigenvalue weighted by Gasteiger charge is -1.96. The molecule has 0 N–H and O–H groups in total. The molecule has 1 aromatic heterocycles. The number of hydrogen-bond donors (Lipinski definition) is 0. The minimum atomic E-state index is -0.529. The Balaban J connectivity index is 2.53. The topological polar surface area (TPSA) is 39.4 Å². The van der Waals surface area contributed by atoms with Crippen molar-refractivity contribution in [3.63, 3.8) is 0 Å². The van der Waals surface area contributed by atoms with Crippen molar-refractivity contribution in [3.05, 3.63) is 35.0 Å². The highest BCUT2D eigenvalue weighted by Crippen LogP contribution is 2.30. The summed E-state index contributed by atoms with van der Waals surface area (Å²) < 4.78 is 10.1. The van der Waals surface area contributed by atoms with Crippen molar-refractivity contribution >= 4 is 28.5 Å². The van der Waals surface area contributed by atoms with Gasteiger partial charge in [0.25, 0.3) is 0 Å². The fraction of sp³-hybridized carbons (Fsp3) is 0.182. The zero-order valence-corrected chi connectivity index (χ0v) is 8.88. The Morgan fingerprint density at radius 3 is 2.87 bits per heavy atom. The van der Waals surface area contributed by atoms with Crippen LogP contribution in [0.15, 0.2) is 28.7 Å². The van der Waals surface area contributed by atoms with Gasteiger partial charge in [0.05, 0.1) is 6.61 Å². The quantitative estimate of drug-likeness (QED) is 0.735. The number of rotatable bonds is 2. The summed E-state index contributed by atoms with van der Waals surface area (Å²) in [6.07, 6.45) is 0. The Labute approximate surface area is 91.6 Å². The Bertz CT molecular complexity index is 502. The van der Waals surface area contributed by atoms with Crippen LogP contribution in [0.1, 0.15) is 17.5 Å². The van der Waals surface area contributed by atoms with Crippen molar-refractivity contribution in [3.8, 4) is 0 Å². The van der Waals surface area contributed by atoms with Gasteiger partial charge < -0.3 is 9.15 Å². The van der Waals surface area contributed by atoms with E-state index in [4.69, 9.17) is 20.8 Å². The van der Waals surface area contributed by atoms with Crippen molar-refractivity contribution in [1.29, 1.82) is 0 Å². The third kappa shape index (κ3) is 1.70. The van der Waals surface area contributed by atoms with Crippen LogP contribution in [0.3, 0.4) is 0 Å². The zero-order chi connectivity index (χ0) is 10.8. The van der Waals surface area contributed by atoms with Crippen LogP contribution in [0.25, 0.3) is 11.0 Å². The molecule has 0 spiro atoms. The number of carbonyl (C=O) groups excluding carboxylic acids is 1. The molecule has 2 aromatic rings. The van der Waals surface area contributed by atoms with Gasteiger partial charge >= 0.3 is 5.97 Å². The number of ether oxygens (including phenoxy) is 1. The molecule has 0 amide bonds. The summed E-state index contributed by atoms with van der Waals surface area (Å²) in [7, 11) is 0. The molecule has 0 fully saturated rings. The van der Waals surface area contributed by atoms with Crippen LogP contribution in [-0.4, -0.2) is 12.6 Å². The highest BCUT2D eigenvalue weighted by atomic mass is 35.5. The second-order valence-electron chi connectivity index (χ2n) is 2.96. The van der Waals surface area contributed by atoms with Crippen molar-refractivity contribution in [2.24, 2.45) is 0 Å². The first-order valence-electron chi connectivity index (χ1n) is 4.58. The lowest BCUT2D eigenvalue weighted by molar-refractivity contribution is 0.0493. The second kappa shape index (κ2) is 3.95. The number of halogens is 1. The number of esters is 1. The molecular weight excluding hydrogens is 216 g/mol. The van der Waals surface area contributed by atoms with E-state index in [2.05, 4.69) is 0 Å². The Hall–Kier alpha value is -1.48. The standard InChI is InChI=1S/C11H9ClO3/c1-2-14-11(13)10-9(12)7-5-3-4-6-8(7)15-10/h3-6H,2H2,1H3. The maximum atomic E-state index is 11.4. The van der Waals surface area contributed by atoms with E-state index in [1.165, 1.54) is 0 Å². The first-order chi connectivity index (χ1) is 7.24. The van der Waals surface area contributed by atoms with E-state index in [0.717, 1.165) is 5.39 Å². The molecule has 0 saturated heterocycles. The summed E-state index contributed by atoms with van der Waals surface area (Å²) in [5.41, 5.74) is 0.588. The Morgan fingerprint density at radius 2 is 2.20 bits per heavy atom. The van der Waals surface area contributed by atoms with Crippen LogP contribution < -0.4 is 0 Å². The van der Waals surface area contributed by atoms with E-state index in [1.54, 1.807) is 19.1 Å². The normalized spacial score (nSPS) is 10.5. The van der Waals surface area contributed by atoms with E-state index in [0.29, 0.717) is 17.2 Å². The van der Waals surface area contributed by atoms with E-state index in [1.807, 2.05) is 12.1 Å². The first-order valence-corrected chi connectivity index (χ1v) is 4.96. The molecule has 0 aliphatic heterocycles. The second-order valence-corrected chi connectivity index (χ2v) is 3.34. The maximum absolute atomic E-state index is 11.4. The molecule has 2 rings (SSSR count). The number of para-hydroxylation sites is 1. The fourth-order valence-corrected chi connectivity index (χ4v) is 1.61. The van der Waals surface area contributed by atoms with E-state index in [-0.39, 0.29) is 5.76 Å². The minimum absolute atomic E-state index is 0.0692. The van der Waals surface area contributed by atoms with Gasteiger partial charge in [-0.15, -0.1) is 0 Å². The van der Waals surface area contributed by atoms with Crippen molar-refractivity contribution in [2.75, 3.05) is 6.61 Å². The molecule has 0 aliphatic rings. The van der Waals surface area contributed by atoms with Crippen molar-refractivity contribution in [1.82, 2.24) is 0 Å². The van der Waals surface area contributed by atoms with Gasteiger partial charge in [0.2, 0.25) is 5.76 Å². The third-order valence-corrected chi connectivity index (χ3v) is 2.37.